The van der Waals surface area contributed by atoms with Crippen LogP contribution in [0.25, 0.3) is 76.9 Å². The van der Waals surface area contributed by atoms with E-state index in [2.05, 4.69) is 107 Å². The van der Waals surface area contributed by atoms with Crippen LogP contribution in [0, 0.1) is 13.8 Å². The van der Waals surface area contributed by atoms with Gasteiger partial charge in [0, 0.05) is 33.3 Å². The Kier molecular flexibility index (Phi) is 4.86. The Morgan fingerprint density at radius 1 is 0.535 bits per heavy atom. The minimum absolute atomic E-state index is 0.00476. The predicted octanol–water partition coefficient (Wildman–Crippen LogP) is 9.76. The molecule has 9 rings (SSSR count). The molecule has 0 bridgehead atoms. The topological polar surface area (TPSA) is 40.1 Å². The zero-order valence-electron chi connectivity index (χ0n) is 23.8. The number of hydrogen-bond donors (Lipinski definition) is 0. The number of nitrogens with zero attached hydrogens (tertiary/aromatic N) is 2. The Bertz CT molecular complexity index is 2650. The maximum atomic E-state index is 13.6. The van der Waals surface area contributed by atoms with E-state index in [0.29, 0.717) is 21.9 Å². The molecule has 0 saturated heterocycles. The van der Waals surface area contributed by atoms with Crippen LogP contribution in [0.2, 0.25) is 0 Å². The SMILES string of the molecule is Cc1ccc2oc3cc(-n4c5ccccc5c5ccc6c(c7ccccc7n6-c6ccccc6)c54)c(C)cc3c(=O)c2c1. The zero-order valence-corrected chi connectivity index (χ0v) is 23.8. The van der Waals surface area contributed by atoms with Gasteiger partial charge in [-0.25, -0.2) is 0 Å². The zero-order chi connectivity index (χ0) is 28.8. The fourth-order valence-electron chi connectivity index (χ4n) is 6.97. The second kappa shape index (κ2) is 8.70. The first-order chi connectivity index (χ1) is 21.1. The number of para-hydroxylation sites is 3. The van der Waals surface area contributed by atoms with Crippen molar-refractivity contribution in [1.82, 2.24) is 9.13 Å². The van der Waals surface area contributed by atoms with Crippen molar-refractivity contribution in [2.45, 2.75) is 13.8 Å². The van der Waals surface area contributed by atoms with Crippen LogP contribution in [0.1, 0.15) is 11.1 Å². The third-order valence-corrected chi connectivity index (χ3v) is 8.87. The van der Waals surface area contributed by atoms with Crippen molar-refractivity contribution in [2.24, 2.45) is 0 Å². The van der Waals surface area contributed by atoms with Gasteiger partial charge < -0.3 is 13.6 Å². The molecule has 0 unspecified atom stereocenters. The number of fused-ring (bicyclic) bond motifs is 9. The monoisotopic (exact) mass is 554 g/mol. The van der Waals surface area contributed by atoms with Crippen LogP contribution in [-0.4, -0.2) is 9.13 Å². The van der Waals surface area contributed by atoms with E-state index in [-0.39, 0.29) is 5.43 Å². The van der Waals surface area contributed by atoms with Crippen molar-refractivity contribution in [3.05, 3.63) is 143 Å². The largest absolute Gasteiger partial charge is 0.456 e. The average Bonchev–Trinajstić information content (AvgIpc) is 3.55. The fourth-order valence-corrected chi connectivity index (χ4v) is 6.97. The van der Waals surface area contributed by atoms with Crippen LogP contribution >= 0.6 is 0 Å². The number of rotatable bonds is 2. The Hall–Kier alpha value is -5.61. The molecular weight excluding hydrogens is 528 g/mol. The Morgan fingerprint density at radius 3 is 2.05 bits per heavy atom. The van der Waals surface area contributed by atoms with E-state index in [0.717, 1.165) is 44.6 Å². The normalized spacial score (nSPS) is 12.0. The van der Waals surface area contributed by atoms with Gasteiger partial charge in [0.05, 0.1) is 38.5 Å². The quantitative estimate of drug-likeness (QED) is 0.200. The second-order valence-electron chi connectivity index (χ2n) is 11.5. The van der Waals surface area contributed by atoms with Crippen molar-refractivity contribution in [2.75, 3.05) is 0 Å². The summed E-state index contributed by atoms with van der Waals surface area (Å²) < 4.78 is 11.1. The summed E-state index contributed by atoms with van der Waals surface area (Å²) >= 11 is 0. The molecule has 3 heterocycles. The lowest BCUT2D eigenvalue weighted by molar-refractivity contribution is 0.659. The summed E-state index contributed by atoms with van der Waals surface area (Å²) in [6.07, 6.45) is 0. The molecule has 0 fully saturated rings. The molecule has 0 N–H and O–H groups in total. The van der Waals surface area contributed by atoms with Gasteiger partial charge in [-0.1, -0.05) is 72.3 Å². The molecule has 0 amide bonds. The van der Waals surface area contributed by atoms with Crippen molar-refractivity contribution in [3.8, 4) is 11.4 Å². The van der Waals surface area contributed by atoms with Crippen LogP contribution in [0.3, 0.4) is 0 Å². The lowest BCUT2D eigenvalue weighted by Gasteiger charge is -2.14. The predicted molar refractivity (Wildman–Crippen MR) is 178 cm³/mol. The highest BCUT2D eigenvalue weighted by Crippen LogP contribution is 2.42. The molecule has 0 aliphatic rings. The van der Waals surface area contributed by atoms with Crippen LogP contribution in [0.5, 0.6) is 0 Å². The van der Waals surface area contributed by atoms with Gasteiger partial charge in [0.1, 0.15) is 11.2 Å². The van der Waals surface area contributed by atoms with Gasteiger partial charge in [-0.05, 0) is 67.9 Å². The second-order valence-corrected chi connectivity index (χ2v) is 11.5. The summed E-state index contributed by atoms with van der Waals surface area (Å²) in [7, 11) is 0. The molecule has 4 nitrogen and oxygen atoms in total. The van der Waals surface area contributed by atoms with Gasteiger partial charge in [0.25, 0.3) is 0 Å². The Labute approximate surface area is 246 Å². The molecule has 0 saturated carbocycles. The van der Waals surface area contributed by atoms with E-state index in [1.807, 2.05) is 37.3 Å². The third kappa shape index (κ3) is 3.29. The highest BCUT2D eigenvalue weighted by atomic mass is 16.3. The van der Waals surface area contributed by atoms with Gasteiger partial charge in [-0.3, -0.25) is 4.79 Å². The molecule has 0 spiro atoms. The summed E-state index contributed by atoms with van der Waals surface area (Å²) in [6, 6.07) is 42.1. The molecule has 0 aliphatic carbocycles. The maximum Gasteiger partial charge on any atom is 0.200 e. The smallest absolute Gasteiger partial charge is 0.200 e. The summed E-state index contributed by atoms with van der Waals surface area (Å²) in [4.78, 5) is 13.6. The molecule has 0 radical (unpaired) electrons. The number of benzene rings is 6. The fraction of sp³-hybridized carbons (Fsp3) is 0.0513. The highest BCUT2D eigenvalue weighted by molar-refractivity contribution is 6.26. The highest BCUT2D eigenvalue weighted by Gasteiger charge is 2.22. The van der Waals surface area contributed by atoms with Crippen molar-refractivity contribution < 1.29 is 4.42 Å². The molecule has 3 aromatic heterocycles. The number of hydrogen-bond acceptors (Lipinski definition) is 2. The van der Waals surface area contributed by atoms with Crippen molar-refractivity contribution in [1.29, 1.82) is 0 Å². The van der Waals surface area contributed by atoms with Crippen molar-refractivity contribution >= 4 is 65.6 Å². The molecule has 6 aromatic carbocycles. The summed E-state index contributed by atoms with van der Waals surface area (Å²) in [5, 5.41) is 5.99. The minimum Gasteiger partial charge on any atom is -0.456 e. The first-order valence-electron chi connectivity index (χ1n) is 14.6. The van der Waals surface area contributed by atoms with Gasteiger partial charge in [-0.15, -0.1) is 0 Å². The first kappa shape index (κ1) is 24.0. The Balaban J connectivity index is 1.47. The summed E-state index contributed by atoms with van der Waals surface area (Å²) in [5.74, 6) is 0. The van der Waals surface area contributed by atoms with Crippen LogP contribution in [0.15, 0.2) is 131 Å². The van der Waals surface area contributed by atoms with Gasteiger partial charge in [0.15, 0.2) is 0 Å². The van der Waals surface area contributed by atoms with E-state index >= 15 is 0 Å². The molecule has 9 aromatic rings. The molecule has 204 valence electrons. The molecule has 0 aliphatic heterocycles. The Morgan fingerprint density at radius 2 is 1.23 bits per heavy atom. The molecule has 43 heavy (non-hydrogen) atoms. The van der Waals surface area contributed by atoms with Gasteiger partial charge >= 0.3 is 0 Å². The maximum absolute atomic E-state index is 13.6. The van der Waals surface area contributed by atoms with Gasteiger partial charge in [0.2, 0.25) is 5.43 Å². The lowest BCUT2D eigenvalue weighted by Crippen LogP contribution is -2.05. The summed E-state index contributed by atoms with van der Waals surface area (Å²) in [6.45, 7) is 4.08. The van der Waals surface area contributed by atoms with Gasteiger partial charge in [-0.2, -0.15) is 0 Å². The standard InChI is InChI=1S/C39H26N2O2/c1-23-16-19-35-29(20-23)39(42)30-21-24(2)34(22-36(30)43-35)41-31-14-8-6-12-26(31)27-17-18-33-37(38(27)41)28-13-7-9-15-32(28)40(33)25-10-4-3-5-11-25/h3-22H,1-2H3. The van der Waals surface area contributed by atoms with Crippen molar-refractivity contribution in [3.63, 3.8) is 0 Å². The van der Waals surface area contributed by atoms with E-state index in [1.165, 1.54) is 21.5 Å². The molecule has 0 atom stereocenters. The number of aromatic nitrogens is 2. The lowest BCUT2D eigenvalue weighted by atomic mass is 10.1. The molecule has 4 heteroatoms. The average molecular weight is 555 g/mol. The summed E-state index contributed by atoms with van der Waals surface area (Å²) in [5.41, 5.74) is 9.94. The number of aryl methyl sites for hydroxylation is 2. The van der Waals surface area contributed by atoms with E-state index in [4.69, 9.17) is 4.42 Å². The molecular formula is C39H26N2O2. The van der Waals surface area contributed by atoms with E-state index in [1.54, 1.807) is 0 Å². The van der Waals surface area contributed by atoms with Crippen LogP contribution in [-0.2, 0) is 0 Å². The first-order valence-corrected chi connectivity index (χ1v) is 14.6. The van der Waals surface area contributed by atoms with E-state index < -0.39 is 0 Å². The third-order valence-electron chi connectivity index (χ3n) is 8.87. The van der Waals surface area contributed by atoms with Crippen LogP contribution < -0.4 is 5.43 Å². The minimum atomic E-state index is 0.00476. The van der Waals surface area contributed by atoms with E-state index in [9.17, 15) is 4.79 Å². The van der Waals surface area contributed by atoms with Crippen LogP contribution in [0.4, 0.5) is 0 Å².